The number of benzene rings is 1. The summed E-state index contributed by atoms with van der Waals surface area (Å²) in [4.78, 5) is 26.4. The fourth-order valence-corrected chi connectivity index (χ4v) is 3.63. The van der Waals surface area contributed by atoms with Crippen molar-refractivity contribution in [1.29, 1.82) is 0 Å². The maximum atomic E-state index is 13.1. The second-order valence-electron chi connectivity index (χ2n) is 7.34. The van der Waals surface area contributed by atoms with Gasteiger partial charge in [0.1, 0.15) is 23.4 Å². The molecule has 150 valence electrons. The molecule has 1 aliphatic heterocycles. The molecule has 4 rings (SSSR count). The van der Waals surface area contributed by atoms with Gasteiger partial charge in [0.05, 0.1) is 6.54 Å². The van der Waals surface area contributed by atoms with Crippen molar-refractivity contribution in [3.05, 3.63) is 65.6 Å². The summed E-state index contributed by atoms with van der Waals surface area (Å²) in [6.45, 7) is 4.93. The molecule has 0 spiro atoms. The Morgan fingerprint density at radius 2 is 1.97 bits per heavy atom. The standard InChI is InChI=1S/C22H23FN4O2/c1-14-10-21(26-15(2)25-14)29-19-4-3-9-27(13-19)22(28)20-11-17(12-24-20)16-5-7-18(23)8-6-16/h5-8,10-12,19,24H,3-4,9,13H2,1-2H3. The Morgan fingerprint density at radius 1 is 1.17 bits per heavy atom. The molecule has 0 radical (unpaired) electrons. The fraction of sp³-hybridized carbons (Fsp3) is 0.318. The van der Waals surface area contributed by atoms with E-state index in [4.69, 9.17) is 4.74 Å². The Hall–Kier alpha value is -3.22. The van der Waals surface area contributed by atoms with Crippen LogP contribution >= 0.6 is 0 Å². The van der Waals surface area contributed by atoms with Crippen molar-refractivity contribution in [2.24, 2.45) is 0 Å². The van der Waals surface area contributed by atoms with Crippen LogP contribution in [0.15, 0.2) is 42.6 Å². The molecule has 1 aromatic carbocycles. The van der Waals surface area contributed by atoms with Gasteiger partial charge in [0.15, 0.2) is 0 Å². The number of carbonyl (C=O) groups excluding carboxylic acids is 1. The first-order valence-electron chi connectivity index (χ1n) is 9.70. The van der Waals surface area contributed by atoms with Gasteiger partial charge in [0.2, 0.25) is 5.88 Å². The molecule has 6 nitrogen and oxygen atoms in total. The molecule has 1 fully saturated rings. The fourth-order valence-electron chi connectivity index (χ4n) is 3.63. The van der Waals surface area contributed by atoms with Crippen molar-refractivity contribution in [1.82, 2.24) is 19.9 Å². The molecule has 7 heteroatoms. The van der Waals surface area contributed by atoms with Crippen molar-refractivity contribution >= 4 is 5.91 Å². The van der Waals surface area contributed by atoms with Gasteiger partial charge >= 0.3 is 0 Å². The summed E-state index contributed by atoms with van der Waals surface area (Å²) in [5.74, 6) is 0.868. The summed E-state index contributed by atoms with van der Waals surface area (Å²) in [6.07, 6.45) is 3.40. The van der Waals surface area contributed by atoms with Crippen LogP contribution in [0.1, 0.15) is 34.8 Å². The van der Waals surface area contributed by atoms with Crippen LogP contribution in [0, 0.1) is 19.7 Å². The van der Waals surface area contributed by atoms with Crippen LogP contribution in [0.4, 0.5) is 4.39 Å². The molecule has 0 bridgehead atoms. The molecular formula is C22H23FN4O2. The lowest BCUT2D eigenvalue weighted by Crippen LogP contribution is -2.44. The monoisotopic (exact) mass is 394 g/mol. The van der Waals surface area contributed by atoms with Crippen molar-refractivity contribution in [2.75, 3.05) is 13.1 Å². The highest BCUT2D eigenvalue weighted by atomic mass is 19.1. The second-order valence-corrected chi connectivity index (χ2v) is 7.34. The summed E-state index contributed by atoms with van der Waals surface area (Å²) in [5, 5.41) is 0. The number of carbonyl (C=O) groups is 1. The Labute approximate surface area is 168 Å². The van der Waals surface area contributed by atoms with E-state index in [0.717, 1.165) is 29.7 Å². The van der Waals surface area contributed by atoms with E-state index in [1.807, 2.05) is 19.9 Å². The lowest BCUT2D eigenvalue weighted by molar-refractivity contribution is 0.0522. The lowest BCUT2D eigenvalue weighted by atomic mass is 10.1. The first-order chi connectivity index (χ1) is 14.0. The molecule has 3 aromatic rings. The zero-order valence-corrected chi connectivity index (χ0v) is 16.5. The number of likely N-dealkylation sites (tertiary alicyclic amines) is 1. The molecule has 1 amide bonds. The zero-order valence-electron chi connectivity index (χ0n) is 16.5. The third-order valence-electron chi connectivity index (χ3n) is 4.99. The topological polar surface area (TPSA) is 71.1 Å². The van der Waals surface area contributed by atoms with E-state index in [2.05, 4.69) is 15.0 Å². The van der Waals surface area contributed by atoms with Gasteiger partial charge in [-0.1, -0.05) is 12.1 Å². The number of ether oxygens (including phenoxy) is 1. The van der Waals surface area contributed by atoms with E-state index in [1.54, 1.807) is 29.3 Å². The number of aromatic nitrogens is 3. The number of halogens is 1. The quantitative estimate of drug-likeness (QED) is 0.728. The zero-order chi connectivity index (χ0) is 20.4. The van der Waals surface area contributed by atoms with E-state index in [0.29, 0.717) is 30.5 Å². The molecule has 3 heterocycles. The largest absolute Gasteiger partial charge is 0.472 e. The van der Waals surface area contributed by atoms with E-state index in [-0.39, 0.29) is 17.8 Å². The van der Waals surface area contributed by atoms with Gasteiger partial charge in [0, 0.05) is 24.5 Å². The van der Waals surface area contributed by atoms with Gasteiger partial charge < -0.3 is 14.6 Å². The molecule has 1 aliphatic rings. The van der Waals surface area contributed by atoms with Crippen LogP contribution < -0.4 is 4.74 Å². The number of hydrogen-bond acceptors (Lipinski definition) is 4. The molecule has 1 unspecified atom stereocenters. The second kappa shape index (κ2) is 8.03. The summed E-state index contributed by atoms with van der Waals surface area (Å²) < 4.78 is 19.2. The summed E-state index contributed by atoms with van der Waals surface area (Å²) in [5.41, 5.74) is 3.08. The maximum Gasteiger partial charge on any atom is 0.270 e. The number of piperidine rings is 1. The van der Waals surface area contributed by atoms with Crippen molar-refractivity contribution in [2.45, 2.75) is 32.8 Å². The Balaban J connectivity index is 1.44. The number of H-pyrrole nitrogens is 1. The minimum Gasteiger partial charge on any atom is -0.472 e. The van der Waals surface area contributed by atoms with Crippen molar-refractivity contribution in [3.8, 4) is 17.0 Å². The smallest absolute Gasteiger partial charge is 0.270 e. The third kappa shape index (κ3) is 4.45. The maximum absolute atomic E-state index is 13.1. The molecule has 2 aromatic heterocycles. The van der Waals surface area contributed by atoms with Crippen molar-refractivity contribution in [3.63, 3.8) is 0 Å². The first-order valence-corrected chi connectivity index (χ1v) is 9.70. The van der Waals surface area contributed by atoms with Crippen LogP contribution in [0.5, 0.6) is 5.88 Å². The minimum absolute atomic E-state index is 0.0679. The van der Waals surface area contributed by atoms with Gasteiger partial charge in [-0.05, 0) is 56.0 Å². The SMILES string of the molecule is Cc1cc(OC2CCCN(C(=O)c3cc(-c4ccc(F)cc4)c[nH]3)C2)nc(C)n1. The van der Waals surface area contributed by atoms with Gasteiger partial charge in [-0.3, -0.25) is 4.79 Å². The highest BCUT2D eigenvalue weighted by Gasteiger charge is 2.27. The predicted octanol–water partition coefficient (Wildman–Crippen LogP) is 3.91. The molecule has 0 aliphatic carbocycles. The Bertz CT molecular complexity index is 996. The van der Waals surface area contributed by atoms with Crippen LogP contribution in [0.2, 0.25) is 0 Å². The van der Waals surface area contributed by atoms with Gasteiger partial charge in [-0.2, -0.15) is 4.98 Å². The number of amides is 1. The molecule has 29 heavy (non-hydrogen) atoms. The van der Waals surface area contributed by atoms with E-state index in [9.17, 15) is 9.18 Å². The summed E-state index contributed by atoms with van der Waals surface area (Å²) in [6, 6.07) is 9.83. The third-order valence-corrected chi connectivity index (χ3v) is 4.99. The van der Waals surface area contributed by atoms with Crippen LogP contribution in [-0.4, -0.2) is 45.0 Å². The Kier molecular flexibility index (Phi) is 5.29. The van der Waals surface area contributed by atoms with E-state index >= 15 is 0 Å². The van der Waals surface area contributed by atoms with Gasteiger partial charge in [-0.15, -0.1) is 0 Å². The average Bonchev–Trinajstić information content (AvgIpc) is 3.17. The molecule has 1 atom stereocenters. The number of aromatic amines is 1. The van der Waals surface area contributed by atoms with Gasteiger partial charge in [-0.25, -0.2) is 9.37 Å². The highest BCUT2D eigenvalue weighted by Crippen LogP contribution is 2.23. The van der Waals surface area contributed by atoms with E-state index < -0.39 is 0 Å². The number of aryl methyl sites for hydroxylation is 2. The van der Waals surface area contributed by atoms with E-state index in [1.165, 1.54) is 12.1 Å². The van der Waals surface area contributed by atoms with Crippen LogP contribution in [-0.2, 0) is 0 Å². The van der Waals surface area contributed by atoms with Gasteiger partial charge in [0.25, 0.3) is 5.91 Å². The molecular weight excluding hydrogens is 371 g/mol. The molecule has 0 saturated carbocycles. The Morgan fingerprint density at radius 3 is 2.72 bits per heavy atom. The summed E-state index contributed by atoms with van der Waals surface area (Å²) in [7, 11) is 0. The average molecular weight is 394 g/mol. The first kappa shape index (κ1) is 19.1. The predicted molar refractivity (Wildman–Crippen MR) is 107 cm³/mol. The highest BCUT2D eigenvalue weighted by molar-refractivity contribution is 5.94. The minimum atomic E-state index is -0.283. The van der Waals surface area contributed by atoms with Crippen LogP contribution in [0.25, 0.3) is 11.1 Å². The number of rotatable bonds is 4. The summed E-state index contributed by atoms with van der Waals surface area (Å²) >= 11 is 0. The van der Waals surface area contributed by atoms with Crippen molar-refractivity contribution < 1.29 is 13.9 Å². The van der Waals surface area contributed by atoms with Crippen LogP contribution in [0.3, 0.4) is 0 Å². The normalized spacial score (nSPS) is 16.7. The number of hydrogen-bond donors (Lipinski definition) is 1. The number of nitrogens with zero attached hydrogens (tertiary/aromatic N) is 3. The molecule has 1 saturated heterocycles. The molecule has 1 N–H and O–H groups in total. The lowest BCUT2D eigenvalue weighted by Gasteiger charge is -2.32. The number of nitrogens with one attached hydrogen (secondary N) is 1.